The van der Waals surface area contributed by atoms with Crippen LogP contribution in [-0.2, 0) is 27.2 Å². The number of phenolic OH excluding ortho intramolecular Hbond substituents is 1. The molecule has 2 aromatic carbocycles. The predicted molar refractivity (Wildman–Crippen MR) is 123 cm³/mol. The van der Waals surface area contributed by atoms with Crippen molar-refractivity contribution < 1.29 is 24.5 Å². The zero-order valence-electron chi connectivity index (χ0n) is 17.9. The van der Waals surface area contributed by atoms with Crippen LogP contribution in [0.25, 0.3) is 0 Å². The number of carboxylic acid groups (broad SMARTS) is 1. The summed E-state index contributed by atoms with van der Waals surface area (Å²) in [5.74, 6) is -2.15. The second-order valence-electron chi connectivity index (χ2n) is 8.18. The van der Waals surface area contributed by atoms with Crippen molar-refractivity contribution in [3.63, 3.8) is 0 Å². The Morgan fingerprint density at radius 3 is 2.85 bits per heavy atom. The van der Waals surface area contributed by atoms with Gasteiger partial charge in [-0.25, -0.2) is 4.79 Å². The summed E-state index contributed by atoms with van der Waals surface area (Å²) in [4.78, 5) is 24.1. The van der Waals surface area contributed by atoms with Crippen LogP contribution in [-0.4, -0.2) is 40.1 Å². The van der Waals surface area contributed by atoms with Crippen LogP contribution in [0.15, 0.2) is 58.4 Å². The standard InChI is InChI=1S/C24H22N4O5/c1-13-21(23(30)28(27-13)17-9-8-14-4-2-5-15(14)10-17)26-25-19-7-3-6-18(22(19)29)16-11-20(24(31)32)33-12-16/h3,6-11,16,25,29H,2,4-5,12H2,1H3,(H,31,32)/b26-21-. The van der Waals surface area contributed by atoms with Gasteiger partial charge in [-0.1, -0.05) is 18.2 Å². The molecular formula is C24H22N4O5. The lowest BCUT2D eigenvalue weighted by Gasteiger charge is -2.14. The number of nitrogens with zero attached hydrogens (tertiary/aromatic N) is 3. The molecule has 1 atom stereocenters. The van der Waals surface area contributed by atoms with E-state index in [4.69, 9.17) is 9.84 Å². The molecule has 2 aliphatic heterocycles. The fourth-order valence-corrected chi connectivity index (χ4v) is 4.33. The normalized spacial score (nSPS) is 20.5. The van der Waals surface area contributed by atoms with Crippen molar-refractivity contribution in [3.8, 4) is 5.75 Å². The van der Waals surface area contributed by atoms with Crippen LogP contribution < -0.4 is 10.4 Å². The van der Waals surface area contributed by atoms with E-state index in [2.05, 4.69) is 15.6 Å². The molecule has 168 valence electrons. The number of rotatable bonds is 5. The highest BCUT2D eigenvalue weighted by Crippen LogP contribution is 2.37. The highest BCUT2D eigenvalue weighted by Gasteiger charge is 2.32. The van der Waals surface area contributed by atoms with Gasteiger partial charge in [0, 0.05) is 11.5 Å². The summed E-state index contributed by atoms with van der Waals surface area (Å²) in [5, 5.41) is 29.7. The van der Waals surface area contributed by atoms with Crippen LogP contribution in [0.2, 0.25) is 0 Å². The Labute approximate surface area is 189 Å². The average Bonchev–Trinajstić information content (AvgIpc) is 3.52. The van der Waals surface area contributed by atoms with Crippen molar-refractivity contribution in [3.05, 3.63) is 64.9 Å². The minimum absolute atomic E-state index is 0.0890. The molecule has 2 heterocycles. The lowest BCUT2D eigenvalue weighted by atomic mass is 9.98. The number of benzene rings is 2. The molecule has 0 saturated heterocycles. The van der Waals surface area contributed by atoms with Crippen molar-refractivity contribution in [2.75, 3.05) is 17.0 Å². The molecule has 1 aliphatic carbocycles. The van der Waals surface area contributed by atoms with E-state index in [-0.39, 0.29) is 35.4 Å². The van der Waals surface area contributed by atoms with Crippen molar-refractivity contribution >= 4 is 34.7 Å². The first-order valence-corrected chi connectivity index (χ1v) is 10.7. The summed E-state index contributed by atoms with van der Waals surface area (Å²) >= 11 is 0. The monoisotopic (exact) mass is 446 g/mol. The molecule has 0 fully saturated rings. The summed E-state index contributed by atoms with van der Waals surface area (Å²) in [7, 11) is 0. The minimum Gasteiger partial charge on any atom is -0.505 e. The number of hydrazone groups is 2. The highest BCUT2D eigenvalue weighted by molar-refractivity contribution is 6.71. The van der Waals surface area contributed by atoms with Crippen molar-refractivity contribution in [2.45, 2.75) is 32.1 Å². The predicted octanol–water partition coefficient (Wildman–Crippen LogP) is 3.15. The SMILES string of the molecule is CC1=NN(c2ccc3c(c2)CCC3)C(=O)/C1=N\Nc1cccc(C2C=C(C(=O)O)OC2)c1O. The zero-order valence-corrected chi connectivity index (χ0v) is 17.9. The number of aliphatic carboxylic acids is 1. The van der Waals surface area contributed by atoms with Gasteiger partial charge in [0.1, 0.15) is 5.75 Å². The quantitative estimate of drug-likeness (QED) is 0.479. The molecule has 3 N–H and O–H groups in total. The number of fused-ring (bicyclic) bond motifs is 1. The number of nitrogens with one attached hydrogen (secondary N) is 1. The van der Waals surface area contributed by atoms with E-state index in [9.17, 15) is 14.7 Å². The number of anilines is 2. The van der Waals surface area contributed by atoms with Crippen molar-refractivity contribution in [1.29, 1.82) is 0 Å². The van der Waals surface area contributed by atoms with E-state index >= 15 is 0 Å². The molecule has 0 bridgehead atoms. The second-order valence-corrected chi connectivity index (χ2v) is 8.18. The molecule has 2 aromatic rings. The number of hydrogen-bond donors (Lipinski definition) is 3. The van der Waals surface area contributed by atoms with Crippen LogP contribution in [0.3, 0.4) is 0 Å². The highest BCUT2D eigenvalue weighted by atomic mass is 16.5. The number of hydrogen-bond acceptors (Lipinski definition) is 7. The molecule has 9 nitrogen and oxygen atoms in total. The Hall–Kier alpha value is -4.14. The first kappa shape index (κ1) is 20.7. The summed E-state index contributed by atoms with van der Waals surface area (Å²) in [6.45, 7) is 1.82. The smallest absolute Gasteiger partial charge is 0.370 e. The number of carboxylic acids is 1. The largest absolute Gasteiger partial charge is 0.505 e. The van der Waals surface area contributed by atoms with Crippen LogP contribution in [0.1, 0.15) is 36.0 Å². The van der Waals surface area contributed by atoms with Gasteiger partial charge in [-0.15, -0.1) is 0 Å². The van der Waals surface area contributed by atoms with Crippen LogP contribution in [0.5, 0.6) is 5.75 Å². The lowest BCUT2D eigenvalue weighted by molar-refractivity contribution is -0.136. The summed E-state index contributed by atoms with van der Waals surface area (Å²) in [5.41, 5.74) is 7.42. The Kier molecular flexibility index (Phi) is 5.08. The van der Waals surface area contributed by atoms with E-state index in [1.165, 1.54) is 22.2 Å². The Balaban J connectivity index is 1.36. The fraction of sp³-hybridized carbons (Fsp3) is 0.250. The molecule has 1 amide bonds. The van der Waals surface area contributed by atoms with Gasteiger partial charge in [-0.05, 0) is 61.6 Å². The maximum Gasteiger partial charge on any atom is 0.370 e. The molecule has 0 radical (unpaired) electrons. The van der Waals surface area contributed by atoms with Crippen LogP contribution in [0.4, 0.5) is 11.4 Å². The topological polar surface area (TPSA) is 124 Å². The summed E-state index contributed by atoms with van der Waals surface area (Å²) in [6.07, 6.45) is 4.64. The van der Waals surface area contributed by atoms with Gasteiger partial charge >= 0.3 is 11.9 Å². The Morgan fingerprint density at radius 2 is 2.06 bits per heavy atom. The molecule has 1 unspecified atom stereocenters. The molecular weight excluding hydrogens is 424 g/mol. The summed E-state index contributed by atoms with van der Waals surface area (Å²) < 4.78 is 5.16. The minimum atomic E-state index is -1.15. The van der Waals surface area contributed by atoms with Crippen LogP contribution >= 0.6 is 0 Å². The first-order chi connectivity index (χ1) is 15.9. The third-order valence-corrected chi connectivity index (χ3v) is 6.05. The molecule has 0 aromatic heterocycles. The molecule has 0 saturated carbocycles. The number of aromatic hydroxyl groups is 1. The van der Waals surface area contributed by atoms with Gasteiger partial charge in [-0.3, -0.25) is 10.2 Å². The van der Waals surface area contributed by atoms with Gasteiger partial charge in [0.15, 0.2) is 5.71 Å². The van der Waals surface area contributed by atoms with Crippen molar-refractivity contribution in [2.24, 2.45) is 10.2 Å². The lowest BCUT2D eigenvalue weighted by Crippen LogP contribution is -2.28. The van der Waals surface area contributed by atoms with E-state index in [1.54, 1.807) is 25.1 Å². The van der Waals surface area contributed by atoms with E-state index in [1.807, 2.05) is 18.2 Å². The van der Waals surface area contributed by atoms with Crippen molar-refractivity contribution in [1.82, 2.24) is 0 Å². The van der Waals surface area contributed by atoms with E-state index in [0.29, 0.717) is 17.0 Å². The average molecular weight is 446 g/mol. The van der Waals surface area contributed by atoms with Gasteiger partial charge in [0.05, 0.1) is 23.7 Å². The van der Waals surface area contributed by atoms with Gasteiger partial charge in [0.2, 0.25) is 5.76 Å². The number of para-hydroxylation sites is 1. The maximum atomic E-state index is 13.0. The van der Waals surface area contributed by atoms with Crippen LogP contribution in [0, 0.1) is 0 Å². The molecule has 0 spiro atoms. The second kappa shape index (κ2) is 8.09. The fourth-order valence-electron chi connectivity index (χ4n) is 4.33. The Bertz CT molecular complexity index is 1260. The van der Waals surface area contributed by atoms with Gasteiger partial charge in [0.25, 0.3) is 0 Å². The number of phenols is 1. The summed E-state index contributed by atoms with van der Waals surface area (Å²) in [6, 6.07) is 11.0. The maximum absolute atomic E-state index is 13.0. The number of ether oxygens (including phenoxy) is 1. The molecule has 33 heavy (non-hydrogen) atoms. The van der Waals surface area contributed by atoms with E-state index < -0.39 is 11.9 Å². The number of aryl methyl sites for hydroxylation is 2. The van der Waals surface area contributed by atoms with Gasteiger partial charge in [-0.2, -0.15) is 15.2 Å². The zero-order chi connectivity index (χ0) is 23.1. The number of amides is 1. The van der Waals surface area contributed by atoms with Gasteiger partial charge < -0.3 is 14.9 Å². The molecule has 9 heteroatoms. The third kappa shape index (κ3) is 3.71. The molecule has 5 rings (SSSR count). The first-order valence-electron chi connectivity index (χ1n) is 10.7. The molecule has 3 aliphatic rings. The number of carbonyl (C=O) groups is 2. The Morgan fingerprint density at radius 1 is 1.24 bits per heavy atom. The van der Waals surface area contributed by atoms with E-state index in [0.717, 1.165) is 19.3 Å². The third-order valence-electron chi connectivity index (χ3n) is 6.05. The number of carbonyl (C=O) groups excluding carboxylic acids is 1.